The summed E-state index contributed by atoms with van der Waals surface area (Å²) in [4.78, 5) is 0. The third-order valence-electron chi connectivity index (χ3n) is 4.52. The van der Waals surface area contributed by atoms with E-state index in [9.17, 15) is 0 Å². The second kappa shape index (κ2) is 5.70. The Morgan fingerprint density at radius 2 is 1.27 bits per heavy atom. The quantitative estimate of drug-likeness (QED) is 0.383. The predicted molar refractivity (Wildman–Crippen MR) is 75.4 cm³/mol. The van der Waals surface area contributed by atoms with E-state index in [1.807, 2.05) is 0 Å². The highest BCUT2D eigenvalue weighted by molar-refractivity contribution is 14.1. The van der Waals surface area contributed by atoms with Crippen LogP contribution in [0.3, 0.4) is 0 Å². The van der Waals surface area contributed by atoms with Gasteiger partial charge in [-0.3, -0.25) is 0 Å². The highest BCUT2D eigenvalue weighted by Crippen LogP contribution is 2.41. The van der Waals surface area contributed by atoms with Gasteiger partial charge in [-0.15, -0.1) is 6.58 Å². The van der Waals surface area contributed by atoms with Crippen molar-refractivity contribution in [1.29, 1.82) is 0 Å². The SMILES string of the molecule is C=CC1CCC(C2CCC(I)CC2)CC1. The number of allylic oxidation sites excluding steroid dienone is 1. The Bertz CT molecular complexity index is 195. The molecule has 0 radical (unpaired) electrons. The van der Waals surface area contributed by atoms with Crippen LogP contribution in [-0.4, -0.2) is 3.92 Å². The largest absolute Gasteiger partial charge is 0.103 e. The topological polar surface area (TPSA) is 0 Å². The van der Waals surface area contributed by atoms with Gasteiger partial charge in [0.2, 0.25) is 0 Å². The molecule has 0 aliphatic heterocycles. The van der Waals surface area contributed by atoms with E-state index in [2.05, 4.69) is 35.2 Å². The van der Waals surface area contributed by atoms with E-state index in [4.69, 9.17) is 0 Å². The standard InChI is InChI=1S/C14H23I/c1-2-11-3-5-12(6-4-11)13-7-9-14(15)10-8-13/h2,11-14H,1,3-10H2. The molecule has 1 heteroatoms. The van der Waals surface area contributed by atoms with Crippen LogP contribution in [0.15, 0.2) is 12.7 Å². The molecule has 0 N–H and O–H groups in total. The van der Waals surface area contributed by atoms with Gasteiger partial charge in [0.25, 0.3) is 0 Å². The number of hydrogen-bond donors (Lipinski definition) is 0. The highest BCUT2D eigenvalue weighted by Gasteiger charge is 2.29. The Hall–Kier alpha value is 0.470. The molecule has 0 aromatic rings. The molecule has 0 bridgehead atoms. The van der Waals surface area contributed by atoms with Gasteiger partial charge in [0.1, 0.15) is 0 Å². The van der Waals surface area contributed by atoms with Crippen LogP contribution in [0.25, 0.3) is 0 Å². The average Bonchev–Trinajstić information content (AvgIpc) is 2.30. The zero-order chi connectivity index (χ0) is 10.7. The lowest BCUT2D eigenvalue weighted by atomic mass is 9.71. The van der Waals surface area contributed by atoms with Crippen LogP contribution in [0, 0.1) is 17.8 Å². The molecule has 2 fully saturated rings. The van der Waals surface area contributed by atoms with E-state index >= 15 is 0 Å². The molecule has 0 spiro atoms. The maximum atomic E-state index is 3.93. The molecule has 0 heterocycles. The minimum atomic E-state index is 0.835. The lowest BCUT2D eigenvalue weighted by molar-refractivity contribution is 0.183. The molecule has 15 heavy (non-hydrogen) atoms. The third kappa shape index (κ3) is 3.21. The second-order valence-electron chi connectivity index (χ2n) is 5.42. The molecule has 0 aromatic heterocycles. The van der Waals surface area contributed by atoms with Gasteiger partial charge < -0.3 is 0 Å². The molecule has 86 valence electrons. The Kier molecular flexibility index (Phi) is 4.53. The van der Waals surface area contributed by atoms with Crippen LogP contribution in [-0.2, 0) is 0 Å². The molecule has 2 aliphatic rings. The van der Waals surface area contributed by atoms with Crippen molar-refractivity contribution in [2.45, 2.75) is 55.3 Å². The fourth-order valence-corrected chi connectivity index (χ4v) is 4.12. The van der Waals surface area contributed by atoms with E-state index in [0.717, 1.165) is 21.7 Å². The first kappa shape index (κ1) is 11.9. The molecule has 0 saturated heterocycles. The van der Waals surface area contributed by atoms with Crippen molar-refractivity contribution in [3.63, 3.8) is 0 Å². The van der Waals surface area contributed by atoms with Crippen molar-refractivity contribution >= 4 is 22.6 Å². The summed E-state index contributed by atoms with van der Waals surface area (Å²) in [6, 6.07) is 0. The maximum absolute atomic E-state index is 3.93. The van der Waals surface area contributed by atoms with E-state index in [1.54, 1.807) is 0 Å². The van der Waals surface area contributed by atoms with Gasteiger partial charge in [-0.25, -0.2) is 0 Å². The number of alkyl halides is 1. The van der Waals surface area contributed by atoms with Crippen molar-refractivity contribution in [2.75, 3.05) is 0 Å². The van der Waals surface area contributed by atoms with Crippen molar-refractivity contribution in [1.82, 2.24) is 0 Å². The summed E-state index contributed by atoms with van der Waals surface area (Å²) in [5, 5.41) is 0. The van der Waals surface area contributed by atoms with Gasteiger partial charge in [-0.1, -0.05) is 28.7 Å². The van der Waals surface area contributed by atoms with E-state index in [0.29, 0.717) is 0 Å². The summed E-state index contributed by atoms with van der Waals surface area (Å²) in [6.07, 6.45) is 13.9. The lowest BCUT2D eigenvalue weighted by Gasteiger charge is -2.36. The Morgan fingerprint density at radius 1 is 0.800 bits per heavy atom. The summed E-state index contributed by atoms with van der Waals surface area (Å²) >= 11 is 2.63. The van der Waals surface area contributed by atoms with Crippen LogP contribution in [0.4, 0.5) is 0 Å². The van der Waals surface area contributed by atoms with E-state index in [-0.39, 0.29) is 0 Å². The molecule has 2 aliphatic carbocycles. The first-order chi connectivity index (χ1) is 7.29. The molecule has 0 nitrogen and oxygen atoms in total. The van der Waals surface area contributed by atoms with Crippen LogP contribution < -0.4 is 0 Å². The molecule has 2 rings (SSSR count). The zero-order valence-corrected chi connectivity index (χ0v) is 11.8. The minimum Gasteiger partial charge on any atom is -0.103 e. The van der Waals surface area contributed by atoms with Crippen molar-refractivity contribution < 1.29 is 0 Å². The van der Waals surface area contributed by atoms with Gasteiger partial charge >= 0.3 is 0 Å². The molecule has 0 atom stereocenters. The molecule has 2 saturated carbocycles. The number of halogens is 1. The van der Waals surface area contributed by atoms with Crippen molar-refractivity contribution in [3.8, 4) is 0 Å². The summed E-state index contributed by atoms with van der Waals surface area (Å²) in [7, 11) is 0. The maximum Gasteiger partial charge on any atom is 0.0110 e. The van der Waals surface area contributed by atoms with Gasteiger partial charge in [0.05, 0.1) is 0 Å². The lowest BCUT2D eigenvalue weighted by Crippen LogP contribution is -2.25. The van der Waals surface area contributed by atoms with Gasteiger partial charge in [0.15, 0.2) is 0 Å². The van der Waals surface area contributed by atoms with Gasteiger partial charge in [-0.2, -0.15) is 0 Å². The third-order valence-corrected chi connectivity index (χ3v) is 5.76. The summed E-state index contributed by atoms with van der Waals surface area (Å²) < 4.78 is 0.975. The predicted octanol–water partition coefficient (Wildman–Crippen LogP) is 4.97. The number of hydrogen-bond acceptors (Lipinski definition) is 0. The monoisotopic (exact) mass is 318 g/mol. The van der Waals surface area contributed by atoms with Crippen LogP contribution in [0.1, 0.15) is 51.4 Å². The first-order valence-electron chi connectivity index (χ1n) is 6.56. The smallest absolute Gasteiger partial charge is 0.0110 e. The minimum absolute atomic E-state index is 0.835. The second-order valence-corrected chi connectivity index (χ2v) is 7.18. The van der Waals surface area contributed by atoms with Crippen molar-refractivity contribution in [3.05, 3.63) is 12.7 Å². The van der Waals surface area contributed by atoms with Crippen LogP contribution in [0.2, 0.25) is 0 Å². The summed E-state index contributed by atoms with van der Waals surface area (Å²) in [6.45, 7) is 3.93. The fraction of sp³-hybridized carbons (Fsp3) is 0.857. The highest BCUT2D eigenvalue weighted by atomic mass is 127. The fourth-order valence-electron chi connectivity index (χ4n) is 3.40. The summed E-state index contributed by atoms with van der Waals surface area (Å²) in [5.74, 6) is 2.97. The Balaban J connectivity index is 1.78. The zero-order valence-electron chi connectivity index (χ0n) is 9.63. The molecular formula is C14H23I. The van der Waals surface area contributed by atoms with E-state index in [1.165, 1.54) is 51.4 Å². The van der Waals surface area contributed by atoms with Crippen LogP contribution >= 0.6 is 22.6 Å². The normalized spacial score (nSPS) is 42.5. The summed E-state index contributed by atoms with van der Waals surface area (Å²) in [5.41, 5.74) is 0. The Labute approximate surface area is 108 Å². The van der Waals surface area contributed by atoms with Crippen molar-refractivity contribution in [2.24, 2.45) is 17.8 Å². The van der Waals surface area contributed by atoms with Crippen LogP contribution in [0.5, 0.6) is 0 Å². The van der Waals surface area contributed by atoms with Gasteiger partial charge in [0, 0.05) is 3.92 Å². The van der Waals surface area contributed by atoms with Gasteiger partial charge in [-0.05, 0) is 69.1 Å². The first-order valence-corrected chi connectivity index (χ1v) is 7.80. The average molecular weight is 318 g/mol. The Morgan fingerprint density at radius 3 is 1.73 bits per heavy atom. The molecule has 0 aromatic carbocycles. The molecular weight excluding hydrogens is 295 g/mol. The molecule has 0 unspecified atom stereocenters. The number of rotatable bonds is 2. The van der Waals surface area contributed by atoms with E-state index < -0.39 is 0 Å². The molecule has 0 amide bonds.